The van der Waals surface area contributed by atoms with Crippen LogP contribution >= 0.6 is 33.2 Å². The number of halogens is 1. The molecule has 114 heavy (non-hydrogen) atoms. The molecular formula is C76H79ClN16O19S2. The number of hydrogen-bond acceptors (Lipinski definition) is 25. The summed E-state index contributed by atoms with van der Waals surface area (Å²) in [7, 11) is 3.78. The van der Waals surface area contributed by atoms with Gasteiger partial charge < -0.3 is 73.2 Å². The first-order valence-corrected chi connectivity index (χ1v) is 38.3. The van der Waals surface area contributed by atoms with Gasteiger partial charge in [-0.05, 0) is 109 Å². The smallest absolute Gasteiger partial charge is 0.412 e. The highest BCUT2D eigenvalue weighted by Crippen LogP contribution is 2.46. The number of anilines is 3. The predicted octanol–water partition coefficient (Wildman–Crippen LogP) is 6.04. The summed E-state index contributed by atoms with van der Waals surface area (Å²) in [6.07, 6.45) is -0.211. The molecule has 16 N–H and O–H groups in total. The number of benzene rings is 5. The van der Waals surface area contributed by atoms with E-state index in [-0.39, 0.29) is 141 Å². The van der Waals surface area contributed by atoms with Gasteiger partial charge in [0.25, 0.3) is 17.4 Å². The summed E-state index contributed by atoms with van der Waals surface area (Å²) >= 11 is 6.50. The van der Waals surface area contributed by atoms with Crippen LogP contribution in [-0.4, -0.2) is 179 Å². The standard InChI is InChI=1S/C74H79ClN16O15S2.2CO2/c1-38(84-62(96)10-6-20-80-67(99)41-13-15-47(16-14-41)82-34-48-35-83-66-65(85-48)69(101)90-73(78)89-66)58(93)29-42(7-5-21-81-72(76)77)68(100)88-55(31-63(97)98)60(95)30-45(71(103)104)37-108-107-22-19-49(92)25-39-11-17-52-43(23-39)27-54(86-52)59(94)26-40-12-18-53-44(24-40)28-56(87-53)70(102)91-36-46(33-75)64-51-9-4-3-8-50(51)61(32-57(64)91)106-74(105)79-2;2*2-1-3/h3-4,8-9,11-18,23-24,27-28,32,35,38,42,45-46,55,82,86-87H,5-7,10,19-22,25-26,29-31,33-34,36-37H2,1-2H3,(H,79,105)(H,80,99)(H,84,96)(H,88,100)(H,97,98)(H,103,104)(H4,76,77,81)(H3,78,83,89,90,101);;/t38-,42+,45-,46?,55-;;/m0../s1. The monoisotopic (exact) mass is 1620 g/mol. The number of fused-ring (bicyclic) bond motifs is 6. The first kappa shape index (κ1) is 86.6. The molecule has 1 aliphatic rings. The zero-order valence-electron chi connectivity index (χ0n) is 61.3. The topological polar surface area (TPSA) is 560 Å². The van der Waals surface area contributed by atoms with E-state index < -0.39 is 96.1 Å². The molecule has 5 amide bonds. The fourth-order valence-corrected chi connectivity index (χ4v) is 15.1. The number of nitrogens with two attached hydrogens (primary N) is 2. The molecule has 596 valence electrons. The van der Waals surface area contributed by atoms with E-state index in [9.17, 15) is 67.7 Å². The zero-order chi connectivity index (χ0) is 82.7. The molecule has 38 heteroatoms. The number of nitrogens with zero attached hydrogens (tertiary/aromatic N) is 4. The number of H-pyrrole nitrogens is 3. The van der Waals surface area contributed by atoms with Gasteiger partial charge in [-0.2, -0.15) is 24.2 Å². The zero-order valence-corrected chi connectivity index (χ0v) is 63.7. The van der Waals surface area contributed by atoms with Crippen LogP contribution in [0.3, 0.4) is 0 Å². The molecule has 0 aliphatic carbocycles. The van der Waals surface area contributed by atoms with E-state index in [1.807, 2.05) is 48.5 Å². The summed E-state index contributed by atoms with van der Waals surface area (Å²) in [5, 5.41) is 46.4. The number of ether oxygens (including phenoxy) is 1. The van der Waals surface area contributed by atoms with Gasteiger partial charge in [0, 0.05) is 139 Å². The highest BCUT2D eigenvalue weighted by atomic mass is 35.5. The third-order valence-electron chi connectivity index (χ3n) is 18.0. The Morgan fingerprint density at radius 2 is 1.40 bits per heavy atom. The summed E-state index contributed by atoms with van der Waals surface area (Å²) in [6.45, 7) is 2.14. The van der Waals surface area contributed by atoms with Gasteiger partial charge in [0.05, 0.1) is 54.2 Å². The van der Waals surface area contributed by atoms with Crippen LogP contribution in [0, 0.1) is 17.2 Å². The summed E-state index contributed by atoms with van der Waals surface area (Å²) in [6, 6.07) is 27.2. The van der Waals surface area contributed by atoms with Crippen molar-refractivity contribution >= 4 is 177 Å². The number of aliphatic carboxylic acids is 2. The van der Waals surface area contributed by atoms with Crippen LogP contribution in [-0.2, 0) is 72.1 Å². The Morgan fingerprint density at radius 3 is 2.06 bits per heavy atom. The van der Waals surface area contributed by atoms with Gasteiger partial charge in [0.2, 0.25) is 17.8 Å². The molecule has 5 heterocycles. The van der Waals surface area contributed by atoms with Crippen molar-refractivity contribution in [2.24, 2.45) is 17.6 Å². The lowest BCUT2D eigenvalue weighted by Gasteiger charge is -2.23. The lowest BCUT2D eigenvalue weighted by Crippen LogP contribution is -2.47. The van der Waals surface area contributed by atoms with Crippen molar-refractivity contribution in [1.29, 1.82) is 5.41 Å². The van der Waals surface area contributed by atoms with Crippen LogP contribution in [0.4, 0.5) is 22.1 Å². The second kappa shape index (κ2) is 41.9. The highest BCUT2D eigenvalue weighted by molar-refractivity contribution is 8.76. The van der Waals surface area contributed by atoms with E-state index in [0.29, 0.717) is 84.6 Å². The molecular weight excluding hydrogens is 1540 g/mol. The first-order chi connectivity index (χ1) is 54.6. The summed E-state index contributed by atoms with van der Waals surface area (Å²) in [4.78, 5) is 213. The number of amides is 5. The van der Waals surface area contributed by atoms with Crippen molar-refractivity contribution in [2.75, 3.05) is 60.0 Å². The third-order valence-corrected chi connectivity index (χ3v) is 20.9. The molecule has 0 saturated heterocycles. The molecule has 10 rings (SSSR count). The number of guanidine groups is 1. The third kappa shape index (κ3) is 24.3. The molecule has 0 bridgehead atoms. The van der Waals surface area contributed by atoms with Crippen LogP contribution in [0.2, 0.25) is 0 Å². The molecule has 1 unspecified atom stereocenters. The number of nitrogens with one attached hydrogen (secondary N) is 10. The number of carbonyl (C=O) groups is 11. The SMILES string of the molecule is CNC(=O)Oc1cc2c(c3ccccc13)C(CCl)CN2C(=O)c1cc2cc(CC(=O)c3cc4cc(CC(=O)CCSSC[C@H](CC(=O)[C@H](CC(=O)O)NC(=O)[C@H](CCCNC(=N)N)CC(=O)[C@H](C)NC(=O)CCCNC(=O)c5ccc(NCc6cnc7nc(N)[nH]c(=O)c7n6)cc5)C(=O)O)ccc4[nH]3)ccc2[nH]1.O=C=O.O=C=O. The Bertz CT molecular complexity index is 5240. The van der Waals surface area contributed by atoms with E-state index >= 15 is 0 Å². The van der Waals surface area contributed by atoms with Crippen LogP contribution in [0.5, 0.6) is 5.75 Å². The van der Waals surface area contributed by atoms with Gasteiger partial charge in [0.1, 0.15) is 17.2 Å². The van der Waals surface area contributed by atoms with E-state index in [1.165, 1.54) is 31.0 Å². The van der Waals surface area contributed by atoms with Crippen LogP contribution in [0.15, 0.2) is 114 Å². The molecule has 9 aromatic rings. The summed E-state index contributed by atoms with van der Waals surface area (Å²) in [5.41, 5.74) is 17.0. The maximum atomic E-state index is 14.3. The fourth-order valence-electron chi connectivity index (χ4n) is 12.5. The minimum absolute atomic E-state index is 0.00905. The molecule has 5 atom stereocenters. The van der Waals surface area contributed by atoms with Crippen molar-refractivity contribution < 1.29 is 86.9 Å². The summed E-state index contributed by atoms with van der Waals surface area (Å²) in [5.74, 6) is -9.11. The van der Waals surface area contributed by atoms with Crippen molar-refractivity contribution in [3.63, 3.8) is 0 Å². The van der Waals surface area contributed by atoms with Crippen LogP contribution in [0.1, 0.15) is 118 Å². The van der Waals surface area contributed by atoms with Gasteiger partial charge in [-0.3, -0.25) is 63.1 Å². The molecule has 0 spiro atoms. The van der Waals surface area contributed by atoms with Gasteiger partial charge >= 0.3 is 30.3 Å². The number of nitrogen functional groups attached to an aromatic ring is 1. The molecule has 0 radical (unpaired) electrons. The normalized spacial score (nSPS) is 13.0. The Balaban J connectivity index is 0.00000263. The minimum atomic E-state index is -1.68. The number of hydrogen-bond donors (Lipinski definition) is 14. The molecule has 0 fully saturated rings. The maximum absolute atomic E-state index is 14.3. The Morgan fingerprint density at radius 1 is 0.754 bits per heavy atom. The van der Waals surface area contributed by atoms with E-state index in [0.717, 1.165) is 21.7 Å². The second-order valence-electron chi connectivity index (χ2n) is 26.1. The molecule has 1 aliphatic heterocycles. The predicted molar refractivity (Wildman–Crippen MR) is 420 cm³/mol. The Kier molecular flexibility index (Phi) is 31.8. The highest BCUT2D eigenvalue weighted by Gasteiger charge is 2.37. The molecule has 5 aromatic carbocycles. The van der Waals surface area contributed by atoms with Crippen molar-refractivity contribution in [1.82, 2.24) is 56.5 Å². The van der Waals surface area contributed by atoms with Crippen LogP contribution < -0.4 is 58.6 Å². The fraction of sp³-hybridized carbons (Fsp3) is 0.316. The van der Waals surface area contributed by atoms with Crippen LogP contribution in [0.25, 0.3) is 43.7 Å². The van der Waals surface area contributed by atoms with Crippen molar-refractivity contribution in [3.05, 3.63) is 159 Å². The number of ketones is 4. The van der Waals surface area contributed by atoms with Gasteiger partial charge in [-0.25, -0.2) is 14.8 Å². The Labute approximate surface area is 660 Å². The number of Topliss-reactive ketones (excluding diaryl/α,β-unsaturated/α-hetero) is 4. The lowest BCUT2D eigenvalue weighted by molar-refractivity contribution is -0.193. The number of carboxylic acid groups (broad SMARTS) is 2. The van der Waals surface area contributed by atoms with Crippen molar-refractivity contribution in [3.8, 4) is 5.75 Å². The molecule has 4 aromatic heterocycles. The number of alkyl halides is 1. The van der Waals surface area contributed by atoms with E-state index in [1.54, 1.807) is 59.5 Å². The quantitative estimate of drug-likeness (QED) is 0.00524. The van der Waals surface area contributed by atoms with Gasteiger partial charge in [-0.1, -0.05) is 58.0 Å². The summed E-state index contributed by atoms with van der Waals surface area (Å²) < 4.78 is 5.63. The second-order valence-corrected chi connectivity index (χ2v) is 29.0. The van der Waals surface area contributed by atoms with E-state index in [4.69, 9.17) is 52.4 Å². The van der Waals surface area contributed by atoms with Crippen molar-refractivity contribution in [2.45, 2.75) is 95.7 Å². The van der Waals surface area contributed by atoms with Gasteiger partial charge in [-0.15, -0.1) is 11.6 Å². The Hall–Kier alpha value is -13.0. The molecule has 0 saturated carbocycles. The first-order valence-electron chi connectivity index (χ1n) is 35.3. The lowest BCUT2D eigenvalue weighted by atomic mass is 9.92. The average molecular weight is 1620 g/mol. The van der Waals surface area contributed by atoms with Gasteiger partial charge in [0.15, 0.2) is 34.5 Å². The maximum Gasteiger partial charge on any atom is 0.412 e. The average Bonchev–Trinajstić information content (AvgIpc) is 1.57. The number of aromatic amines is 3. The number of carboxylic acids is 2. The minimum Gasteiger partial charge on any atom is -0.481 e. The number of aromatic nitrogens is 6. The largest absolute Gasteiger partial charge is 0.481 e. The molecule has 35 nitrogen and oxygen atoms in total. The van der Waals surface area contributed by atoms with E-state index in [2.05, 4.69) is 61.8 Å². The number of rotatable bonds is 38. The number of carbonyl (C=O) groups excluding carboxylic acids is 13.